The number of cyclic esters (lactones) is 1. The Labute approximate surface area is 273 Å². The number of nitrogens with zero attached hydrogens (tertiary/aromatic N) is 2. The zero-order chi connectivity index (χ0) is 34.0. The number of alkyl halides is 2. The highest BCUT2D eigenvalue weighted by atomic mass is 19.3. The molecule has 2 aliphatic heterocycles. The van der Waals surface area contributed by atoms with E-state index < -0.39 is 37.1 Å². The van der Waals surface area contributed by atoms with Crippen molar-refractivity contribution in [1.82, 2.24) is 9.80 Å². The monoisotopic (exact) mass is 666 g/mol. The van der Waals surface area contributed by atoms with Crippen molar-refractivity contribution in [1.29, 1.82) is 0 Å². The summed E-state index contributed by atoms with van der Waals surface area (Å²) in [6.07, 6.45) is 0.877. The van der Waals surface area contributed by atoms with Crippen molar-refractivity contribution in [3.05, 3.63) is 35.4 Å². The van der Waals surface area contributed by atoms with Crippen molar-refractivity contribution in [3.63, 3.8) is 0 Å². The molecule has 3 atom stereocenters. The number of halogens is 2. The van der Waals surface area contributed by atoms with E-state index in [1.807, 2.05) is 0 Å². The summed E-state index contributed by atoms with van der Waals surface area (Å²) in [6, 6.07) is 6.01. The van der Waals surface area contributed by atoms with Crippen LogP contribution in [0.2, 0.25) is 0 Å². The SMILES string of the molecule is COc1cc(C(=O)O[C@@H]2CCCOc3cc(cc(OC)c3OC)C(=O)OCCCN3CCN(CC2)CC(F)(F)C3)cc(OC)c1OC. The molecule has 0 amide bonds. The summed E-state index contributed by atoms with van der Waals surface area (Å²) in [5.74, 6) is -2.36. The predicted molar refractivity (Wildman–Crippen MR) is 167 cm³/mol. The van der Waals surface area contributed by atoms with Crippen LogP contribution < -0.4 is 28.4 Å². The summed E-state index contributed by atoms with van der Waals surface area (Å²) in [7, 11) is 7.27. The van der Waals surface area contributed by atoms with E-state index in [0.29, 0.717) is 74.9 Å². The second-order valence-corrected chi connectivity index (χ2v) is 11.3. The number of hydrogen-bond donors (Lipinski definition) is 0. The molecule has 260 valence electrons. The third kappa shape index (κ3) is 9.50. The molecular formula is C33H44F2N2O10. The number of esters is 2. The van der Waals surface area contributed by atoms with Crippen molar-refractivity contribution in [3.8, 4) is 34.5 Å². The van der Waals surface area contributed by atoms with E-state index in [9.17, 15) is 18.4 Å². The molecule has 12 nitrogen and oxygen atoms in total. The van der Waals surface area contributed by atoms with Crippen LogP contribution in [0.25, 0.3) is 0 Å². The number of carbonyl (C=O) groups excluding carboxylic acids is 2. The topological polar surface area (TPSA) is 114 Å². The fourth-order valence-electron chi connectivity index (χ4n) is 5.72. The Balaban J connectivity index is 1.59. The molecule has 4 rings (SSSR count). The summed E-state index contributed by atoms with van der Waals surface area (Å²) in [5, 5.41) is 0. The van der Waals surface area contributed by atoms with Gasteiger partial charge >= 0.3 is 11.9 Å². The lowest BCUT2D eigenvalue weighted by Gasteiger charge is -2.26. The Hall–Kier alpha value is -4.04. The third-order valence-electron chi connectivity index (χ3n) is 8.04. The molecule has 2 aromatic carbocycles. The minimum atomic E-state index is -2.94. The molecule has 1 fully saturated rings. The summed E-state index contributed by atoms with van der Waals surface area (Å²) < 4.78 is 74.5. The van der Waals surface area contributed by atoms with Crippen LogP contribution in [0.4, 0.5) is 8.78 Å². The van der Waals surface area contributed by atoms with E-state index in [1.54, 1.807) is 9.80 Å². The van der Waals surface area contributed by atoms with Gasteiger partial charge in [-0.25, -0.2) is 18.4 Å². The average Bonchev–Trinajstić information content (AvgIpc) is 3.21. The standard InChI is InChI=1S/C33H44F2N2O10/c1-40-25-17-23(18-26(41-2)29(25)43-4)32(39)47-24-8-6-14-45-28-19-22(16-27(42-3)30(28)44-5)31(38)46-15-7-10-36-12-13-37(11-9-24)21-33(34,35)20-36/h16-19,24H,6-15,20-21H2,1-5H3/t24-/m1/s1. The van der Waals surface area contributed by atoms with Gasteiger partial charge in [0, 0.05) is 26.2 Å². The van der Waals surface area contributed by atoms with Crippen LogP contribution in [0, 0.1) is 0 Å². The molecule has 4 bridgehead atoms. The highest BCUT2D eigenvalue weighted by molar-refractivity contribution is 5.92. The first-order valence-electron chi connectivity index (χ1n) is 15.5. The summed E-state index contributed by atoms with van der Waals surface area (Å²) in [6.45, 7) is 0.901. The zero-order valence-electron chi connectivity index (χ0n) is 27.6. The lowest BCUT2D eigenvalue weighted by molar-refractivity contribution is -0.0407. The summed E-state index contributed by atoms with van der Waals surface area (Å²) in [5.41, 5.74) is 0.383. The van der Waals surface area contributed by atoms with Crippen LogP contribution in [0.5, 0.6) is 34.5 Å². The van der Waals surface area contributed by atoms with Crippen LogP contribution in [-0.2, 0) is 9.47 Å². The molecule has 0 aromatic heterocycles. The molecule has 0 saturated carbocycles. The highest BCUT2D eigenvalue weighted by Crippen LogP contribution is 2.40. The third-order valence-corrected chi connectivity index (χ3v) is 8.04. The van der Waals surface area contributed by atoms with Crippen molar-refractivity contribution >= 4 is 11.9 Å². The van der Waals surface area contributed by atoms with Gasteiger partial charge in [0.1, 0.15) is 6.10 Å². The van der Waals surface area contributed by atoms with E-state index in [0.717, 1.165) is 0 Å². The number of carbonyl (C=O) groups is 2. The first-order valence-corrected chi connectivity index (χ1v) is 15.5. The average molecular weight is 667 g/mol. The molecule has 0 aliphatic carbocycles. The van der Waals surface area contributed by atoms with Crippen LogP contribution in [-0.4, -0.2) is 122 Å². The van der Waals surface area contributed by atoms with Gasteiger partial charge < -0.3 is 37.9 Å². The Morgan fingerprint density at radius 3 is 1.96 bits per heavy atom. The first-order chi connectivity index (χ1) is 22.6. The molecule has 0 N–H and O–H groups in total. The van der Waals surface area contributed by atoms with Crippen molar-refractivity contribution in [2.45, 2.75) is 37.7 Å². The van der Waals surface area contributed by atoms with Crippen molar-refractivity contribution < 1.29 is 56.3 Å². The summed E-state index contributed by atoms with van der Waals surface area (Å²) in [4.78, 5) is 29.7. The number of benzene rings is 2. The number of fused-ring (bicyclic) bond motifs is 5. The molecule has 0 spiro atoms. The Kier molecular flexibility index (Phi) is 12.7. The quantitative estimate of drug-likeness (QED) is 0.392. The molecular weight excluding hydrogens is 622 g/mol. The molecule has 47 heavy (non-hydrogen) atoms. The first kappa shape index (κ1) is 35.8. The molecule has 2 unspecified atom stereocenters. The van der Waals surface area contributed by atoms with E-state index in [4.69, 9.17) is 37.9 Å². The van der Waals surface area contributed by atoms with Gasteiger partial charge in [-0.2, -0.15) is 0 Å². The van der Waals surface area contributed by atoms with Gasteiger partial charge in [-0.05, 0) is 49.9 Å². The van der Waals surface area contributed by atoms with E-state index in [2.05, 4.69) is 0 Å². The van der Waals surface area contributed by atoms with Crippen LogP contribution in [0.15, 0.2) is 24.3 Å². The van der Waals surface area contributed by atoms with Crippen LogP contribution >= 0.6 is 0 Å². The lowest BCUT2D eigenvalue weighted by atomic mass is 10.1. The predicted octanol–water partition coefficient (Wildman–Crippen LogP) is 4.32. The van der Waals surface area contributed by atoms with Gasteiger partial charge in [0.2, 0.25) is 11.5 Å². The Morgan fingerprint density at radius 1 is 0.745 bits per heavy atom. The van der Waals surface area contributed by atoms with Gasteiger partial charge in [0.05, 0.1) is 73.0 Å². The maximum atomic E-state index is 15.0. The molecule has 2 aliphatic rings. The second kappa shape index (κ2) is 16.7. The molecule has 1 saturated heterocycles. The van der Waals surface area contributed by atoms with E-state index in [-0.39, 0.29) is 35.8 Å². The maximum Gasteiger partial charge on any atom is 0.338 e. The normalized spacial score (nSPS) is 22.2. The minimum absolute atomic E-state index is 0.0636. The molecule has 2 aromatic rings. The van der Waals surface area contributed by atoms with Gasteiger partial charge in [-0.3, -0.25) is 9.80 Å². The lowest BCUT2D eigenvalue weighted by Crippen LogP contribution is -2.40. The summed E-state index contributed by atoms with van der Waals surface area (Å²) >= 11 is 0. The van der Waals surface area contributed by atoms with Gasteiger partial charge in [-0.1, -0.05) is 0 Å². The van der Waals surface area contributed by atoms with Crippen molar-refractivity contribution in [2.75, 3.05) is 88.0 Å². The second-order valence-electron chi connectivity index (χ2n) is 11.3. The number of methoxy groups -OCH3 is 5. The Bertz CT molecular complexity index is 1350. The number of hydrogen-bond acceptors (Lipinski definition) is 12. The largest absolute Gasteiger partial charge is 0.493 e. The molecule has 0 radical (unpaired) electrons. The van der Waals surface area contributed by atoms with Crippen LogP contribution in [0.3, 0.4) is 0 Å². The van der Waals surface area contributed by atoms with E-state index in [1.165, 1.54) is 59.8 Å². The molecule has 14 heteroatoms. The zero-order valence-corrected chi connectivity index (χ0v) is 27.6. The van der Waals surface area contributed by atoms with Gasteiger partial charge in [0.25, 0.3) is 5.92 Å². The van der Waals surface area contributed by atoms with Crippen LogP contribution in [0.1, 0.15) is 46.4 Å². The fourth-order valence-corrected chi connectivity index (χ4v) is 5.72. The highest BCUT2D eigenvalue weighted by Gasteiger charge is 2.37. The molecule has 2 heterocycles. The minimum Gasteiger partial charge on any atom is -0.493 e. The van der Waals surface area contributed by atoms with E-state index >= 15 is 0 Å². The fraction of sp³-hybridized carbons (Fsp3) is 0.576. The maximum absolute atomic E-state index is 15.0. The van der Waals surface area contributed by atoms with Crippen molar-refractivity contribution in [2.24, 2.45) is 0 Å². The number of rotatable bonds is 7. The van der Waals surface area contributed by atoms with Gasteiger partial charge in [-0.15, -0.1) is 0 Å². The van der Waals surface area contributed by atoms with Gasteiger partial charge in [0.15, 0.2) is 23.0 Å². The Morgan fingerprint density at radius 2 is 1.34 bits per heavy atom. The number of ether oxygens (including phenoxy) is 8. The smallest absolute Gasteiger partial charge is 0.338 e.